The molecule has 1 fully saturated rings. The van der Waals surface area contributed by atoms with Crippen molar-refractivity contribution in [2.75, 3.05) is 0 Å². The number of hydrogen-bond acceptors (Lipinski definition) is 3. The van der Waals surface area contributed by atoms with E-state index in [-0.39, 0.29) is 5.92 Å². The highest BCUT2D eigenvalue weighted by Gasteiger charge is 2.26. The largest absolute Gasteiger partial charge is 0.490 e. The number of aliphatic hydroxyl groups excluding tert-OH is 2. The highest BCUT2D eigenvalue weighted by atomic mass is 16.5. The number of rotatable bonds is 7. The van der Waals surface area contributed by atoms with Crippen LogP contribution < -0.4 is 4.74 Å². The van der Waals surface area contributed by atoms with Gasteiger partial charge in [0, 0.05) is 0 Å². The summed E-state index contributed by atoms with van der Waals surface area (Å²) in [5.74, 6) is 0.916. The van der Waals surface area contributed by atoms with Crippen molar-refractivity contribution in [3.05, 3.63) is 29.8 Å². The predicted octanol–water partition coefficient (Wildman–Crippen LogP) is 3.06. The Balaban J connectivity index is 2.06. The van der Waals surface area contributed by atoms with Gasteiger partial charge in [-0.1, -0.05) is 38.8 Å². The summed E-state index contributed by atoms with van der Waals surface area (Å²) >= 11 is 0. The quantitative estimate of drug-likeness (QED) is 0.795. The van der Waals surface area contributed by atoms with E-state index in [0.29, 0.717) is 6.10 Å². The van der Waals surface area contributed by atoms with Crippen LogP contribution in [0.15, 0.2) is 24.3 Å². The van der Waals surface area contributed by atoms with Crippen molar-refractivity contribution in [3.63, 3.8) is 0 Å². The molecule has 0 bridgehead atoms. The molecule has 0 aliphatic heterocycles. The van der Waals surface area contributed by atoms with Crippen molar-refractivity contribution in [3.8, 4) is 5.75 Å². The van der Waals surface area contributed by atoms with E-state index >= 15 is 0 Å². The van der Waals surface area contributed by atoms with Crippen molar-refractivity contribution in [2.45, 2.75) is 57.8 Å². The Morgan fingerprint density at radius 3 is 2.47 bits per heavy atom. The summed E-state index contributed by atoms with van der Waals surface area (Å²) in [4.78, 5) is 0. The number of aliphatic hydroxyl groups is 2. The maximum Gasteiger partial charge on any atom is 0.120 e. The molecule has 1 aromatic carbocycles. The SMILES string of the molecule is CCC(CC)C(O)C(O)c1cccc(OC2CC2)c1. The van der Waals surface area contributed by atoms with E-state index in [1.807, 2.05) is 38.1 Å². The fraction of sp³-hybridized carbons (Fsp3) is 0.625. The molecular formula is C16H24O3. The van der Waals surface area contributed by atoms with Gasteiger partial charge in [-0.25, -0.2) is 0 Å². The minimum atomic E-state index is -0.840. The van der Waals surface area contributed by atoms with Crippen molar-refractivity contribution in [2.24, 2.45) is 5.92 Å². The molecule has 2 rings (SSSR count). The molecule has 0 saturated heterocycles. The molecule has 1 aromatic rings. The van der Waals surface area contributed by atoms with Gasteiger partial charge in [0.05, 0.1) is 12.2 Å². The molecule has 2 N–H and O–H groups in total. The van der Waals surface area contributed by atoms with Crippen LogP contribution in [0.5, 0.6) is 5.75 Å². The Morgan fingerprint density at radius 1 is 1.21 bits per heavy atom. The number of benzene rings is 1. The first-order chi connectivity index (χ1) is 9.15. The summed E-state index contributed by atoms with van der Waals surface area (Å²) in [6.07, 6.45) is 2.75. The Kier molecular flexibility index (Phi) is 4.83. The molecule has 0 amide bonds. The van der Waals surface area contributed by atoms with Crippen LogP contribution in [0.1, 0.15) is 51.2 Å². The molecule has 0 radical (unpaired) electrons. The van der Waals surface area contributed by atoms with Crippen LogP contribution >= 0.6 is 0 Å². The molecule has 2 unspecified atom stereocenters. The van der Waals surface area contributed by atoms with Crippen LogP contribution in [0.4, 0.5) is 0 Å². The zero-order valence-electron chi connectivity index (χ0n) is 11.7. The van der Waals surface area contributed by atoms with Crippen molar-refractivity contribution < 1.29 is 14.9 Å². The lowest BCUT2D eigenvalue weighted by Crippen LogP contribution is -2.27. The van der Waals surface area contributed by atoms with Gasteiger partial charge >= 0.3 is 0 Å². The van der Waals surface area contributed by atoms with Crippen molar-refractivity contribution in [1.29, 1.82) is 0 Å². The van der Waals surface area contributed by atoms with Gasteiger partial charge in [-0.15, -0.1) is 0 Å². The third kappa shape index (κ3) is 3.71. The topological polar surface area (TPSA) is 49.7 Å². The Morgan fingerprint density at radius 2 is 1.89 bits per heavy atom. The number of ether oxygens (including phenoxy) is 1. The number of hydrogen-bond donors (Lipinski definition) is 2. The molecular weight excluding hydrogens is 240 g/mol. The second kappa shape index (κ2) is 6.40. The minimum absolute atomic E-state index is 0.128. The molecule has 3 nitrogen and oxygen atoms in total. The van der Waals surface area contributed by atoms with E-state index in [0.717, 1.165) is 37.0 Å². The highest BCUT2D eigenvalue weighted by molar-refractivity contribution is 5.31. The molecule has 1 aliphatic carbocycles. The van der Waals surface area contributed by atoms with E-state index < -0.39 is 12.2 Å². The molecule has 0 spiro atoms. The zero-order chi connectivity index (χ0) is 13.8. The second-order valence-corrected chi connectivity index (χ2v) is 5.40. The monoisotopic (exact) mass is 264 g/mol. The average molecular weight is 264 g/mol. The Bertz CT molecular complexity index is 397. The first-order valence-corrected chi connectivity index (χ1v) is 7.28. The van der Waals surface area contributed by atoms with Crippen molar-refractivity contribution in [1.82, 2.24) is 0 Å². The summed E-state index contributed by atoms with van der Waals surface area (Å²) in [5.41, 5.74) is 0.734. The third-order valence-electron chi connectivity index (χ3n) is 3.88. The molecule has 19 heavy (non-hydrogen) atoms. The fourth-order valence-corrected chi connectivity index (χ4v) is 2.38. The van der Waals surface area contributed by atoms with Gasteiger partial charge in [0.25, 0.3) is 0 Å². The average Bonchev–Trinajstić information content (AvgIpc) is 3.23. The standard InChI is InChI=1S/C16H24O3/c1-3-11(4-2)15(17)16(18)12-6-5-7-14(10-12)19-13-8-9-13/h5-7,10-11,13,15-18H,3-4,8-9H2,1-2H3. The Labute approximate surface area is 115 Å². The van der Waals surface area contributed by atoms with Crippen LogP contribution in [-0.2, 0) is 0 Å². The van der Waals surface area contributed by atoms with Gasteiger partial charge in [0.1, 0.15) is 11.9 Å². The van der Waals surface area contributed by atoms with Gasteiger partial charge in [0.15, 0.2) is 0 Å². The molecule has 3 heteroatoms. The summed E-state index contributed by atoms with van der Waals surface area (Å²) in [6.45, 7) is 4.08. The maximum absolute atomic E-state index is 10.3. The predicted molar refractivity (Wildman–Crippen MR) is 75.1 cm³/mol. The smallest absolute Gasteiger partial charge is 0.120 e. The first-order valence-electron chi connectivity index (χ1n) is 7.28. The lowest BCUT2D eigenvalue weighted by Gasteiger charge is -2.25. The van der Waals surface area contributed by atoms with Crippen LogP contribution in [0, 0.1) is 5.92 Å². The molecule has 1 aliphatic rings. The molecule has 0 heterocycles. The van der Waals surface area contributed by atoms with Crippen molar-refractivity contribution >= 4 is 0 Å². The van der Waals surface area contributed by atoms with E-state index in [2.05, 4.69) is 0 Å². The van der Waals surface area contributed by atoms with Crippen LogP contribution in [0.25, 0.3) is 0 Å². The van der Waals surface area contributed by atoms with Gasteiger partial charge < -0.3 is 14.9 Å². The van der Waals surface area contributed by atoms with E-state index in [9.17, 15) is 10.2 Å². The van der Waals surface area contributed by atoms with Gasteiger partial charge in [-0.05, 0) is 36.5 Å². The van der Waals surface area contributed by atoms with E-state index in [1.54, 1.807) is 0 Å². The summed E-state index contributed by atoms with van der Waals surface area (Å²) < 4.78 is 5.72. The molecule has 1 saturated carbocycles. The highest BCUT2D eigenvalue weighted by Crippen LogP contribution is 2.31. The summed E-state index contributed by atoms with van der Waals surface area (Å²) in [6, 6.07) is 7.46. The van der Waals surface area contributed by atoms with Gasteiger partial charge in [-0.2, -0.15) is 0 Å². The van der Waals surface area contributed by atoms with E-state index in [4.69, 9.17) is 4.74 Å². The molecule has 2 atom stereocenters. The minimum Gasteiger partial charge on any atom is -0.490 e. The summed E-state index contributed by atoms with van der Waals surface area (Å²) in [5, 5.41) is 20.5. The molecule has 0 aromatic heterocycles. The fourth-order valence-electron chi connectivity index (χ4n) is 2.38. The maximum atomic E-state index is 10.3. The molecule has 106 valence electrons. The normalized spacial score (nSPS) is 18.4. The first kappa shape index (κ1) is 14.4. The lowest BCUT2D eigenvalue weighted by atomic mass is 9.90. The Hall–Kier alpha value is -1.06. The van der Waals surface area contributed by atoms with Crippen LogP contribution in [0.2, 0.25) is 0 Å². The summed E-state index contributed by atoms with van der Waals surface area (Å²) in [7, 11) is 0. The van der Waals surface area contributed by atoms with Gasteiger partial charge in [-0.3, -0.25) is 0 Å². The van der Waals surface area contributed by atoms with Crippen LogP contribution in [0.3, 0.4) is 0 Å². The van der Waals surface area contributed by atoms with Gasteiger partial charge in [0.2, 0.25) is 0 Å². The lowest BCUT2D eigenvalue weighted by molar-refractivity contribution is -0.0210. The van der Waals surface area contributed by atoms with Crippen LogP contribution in [-0.4, -0.2) is 22.4 Å². The third-order valence-corrected chi connectivity index (χ3v) is 3.88. The second-order valence-electron chi connectivity index (χ2n) is 5.40. The zero-order valence-corrected chi connectivity index (χ0v) is 11.7. The van der Waals surface area contributed by atoms with E-state index in [1.165, 1.54) is 0 Å².